The summed E-state index contributed by atoms with van der Waals surface area (Å²) in [5.74, 6) is 2.28. The molecule has 4 fully saturated rings. The molecule has 0 spiro atoms. The Balaban J connectivity index is 1.38. The molecule has 6 rings (SSSR count). The maximum Gasteiger partial charge on any atom is 0.380 e. The molecule has 2 saturated heterocycles. The van der Waals surface area contributed by atoms with Gasteiger partial charge >= 0.3 is 7.60 Å². The predicted molar refractivity (Wildman–Crippen MR) is 132 cm³/mol. The first-order chi connectivity index (χ1) is 16.4. The first-order valence-electron chi connectivity index (χ1n) is 13.2. The van der Waals surface area contributed by atoms with Crippen molar-refractivity contribution >= 4 is 24.1 Å². The number of hydrogen-bond donors (Lipinski definition) is 2. The van der Waals surface area contributed by atoms with Crippen LogP contribution in [0.5, 0.6) is 0 Å². The van der Waals surface area contributed by atoms with E-state index in [4.69, 9.17) is 0 Å². The lowest BCUT2D eigenvalue weighted by Gasteiger charge is -2.46. The molecule has 7 nitrogen and oxygen atoms in total. The molecule has 2 aromatic rings. The minimum Gasteiger partial charge on any atom is -0.320 e. The van der Waals surface area contributed by atoms with E-state index in [0.29, 0.717) is 29.0 Å². The molecule has 1 aromatic carbocycles. The summed E-state index contributed by atoms with van der Waals surface area (Å²) in [7, 11) is -4.77. The van der Waals surface area contributed by atoms with Gasteiger partial charge in [-0.05, 0) is 74.8 Å². The molecule has 8 heteroatoms. The lowest BCUT2D eigenvalue weighted by Crippen LogP contribution is -2.48. The molecule has 1 aromatic heterocycles. The largest absolute Gasteiger partial charge is 0.380 e. The third-order valence-electron chi connectivity index (χ3n) is 9.23. The zero-order chi connectivity index (χ0) is 23.4. The van der Waals surface area contributed by atoms with Gasteiger partial charge in [-0.3, -0.25) is 14.3 Å². The number of aromatic nitrogens is 2. The highest BCUT2D eigenvalue weighted by atomic mass is 31.2. The third-order valence-corrected chi connectivity index (χ3v) is 10.1. The molecule has 0 amide bonds. The molecular formula is C26H36N3O4P. The van der Waals surface area contributed by atoms with Crippen molar-refractivity contribution in [2.75, 3.05) is 6.54 Å². The van der Waals surface area contributed by atoms with Gasteiger partial charge in [-0.1, -0.05) is 37.8 Å². The number of rotatable bonds is 3. The summed E-state index contributed by atoms with van der Waals surface area (Å²) < 4.78 is 13.9. The number of fused-ring (bicyclic) bond motifs is 6. The van der Waals surface area contributed by atoms with Crippen LogP contribution < -0.4 is 11.0 Å². The fraction of sp³-hybridized carbons (Fsp3) is 0.692. The topological polar surface area (TPSA) is 95.7 Å². The van der Waals surface area contributed by atoms with Crippen molar-refractivity contribution < 1.29 is 14.4 Å². The molecule has 2 saturated carbocycles. The lowest BCUT2D eigenvalue weighted by molar-refractivity contribution is 0.0409. The van der Waals surface area contributed by atoms with Crippen molar-refractivity contribution in [2.24, 2.45) is 17.8 Å². The molecule has 4 aliphatic rings. The van der Waals surface area contributed by atoms with E-state index in [2.05, 4.69) is 9.88 Å². The molecule has 5 unspecified atom stereocenters. The summed E-state index contributed by atoms with van der Waals surface area (Å²) in [6, 6.07) is 8.32. The second-order valence-corrected chi connectivity index (χ2v) is 13.0. The van der Waals surface area contributed by atoms with E-state index in [1.807, 2.05) is 12.1 Å². The maximum absolute atomic E-state index is 13.5. The number of para-hydroxylation sites is 2. The Morgan fingerprint density at radius 2 is 1.50 bits per heavy atom. The Labute approximate surface area is 200 Å². The van der Waals surface area contributed by atoms with Gasteiger partial charge in [0.25, 0.3) is 5.56 Å². The molecule has 2 aliphatic carbocycles. The number of hydrogen-bond acceptors (Lipinski definition) is 4. The predicted octanol–water partition coefficient (Wildman–Crippen LogP) is 3.97. The molecule has 3 heterocycles. The van der Waals surface area contributed by atoms with Gasteiger partial charge in [-0.25, -0.2) is 4.98 Å². The van der Waals surface area contributed by atoms with E-state index in [0.717, 1.165) is 37.6 Å². The zero-order valence-electron chi connectivity index (χ0n) is 19.8. The summed E-state index contributed by atoms with van der Waals surface area (Å²) in [5, 5.41) is 0. The van der Waals surface area contributed by atoms with Crippen LogP contribution in [-0.2, 0) is 4.57 Å². The van der Waals surface area contributed by atoms with Gasteiger partial charge in [0.05, 0.1) is 11.0 Å². The Morgan fingerprint density at radius 1 is 0.824 bits per heavy atom. The fourth-order valence-corrected chi connectivity index (χ4v) is 8.50. The van der Waals surface area contributed by atoms with Crippen LogP contribution in [0.15, 0.2) is 29.1 Å². The smallest absolute Gasteiger partial charge is 0.320 e. The van der Waals surface area contributed by atoms with Gasteiger partial charge < -0.3 is 14.4 Å². The van der Waals surface area contributed by atoms with Crippen LogP contribution in [0, 0.1) is 17.8 Å². The average molecular weight is 486 g/mol. The Kier molecular flexibility index (Phi) is 5.96. The third kappa shape index (κ3) is 4.19. The van der Waals surface area contributed by atoms with Gasteiger partial charge in [0, 0.05) is 24.7 Å². The van der Waals surface area contributed by atoms with Crippen LogP contribution in [0.25, 0.3) is 11.0 Å². The summed E-state index contributed by atoms with van der Waals surface area (Å²) in [6.07, 6.45) is 13.6. The van der Waals surface area contributed by atoms with E-state index in [9.17, 15) is 19.1 Å². The minimum atomic E-state index is -4.77. The number of benzene rings is 1. The van der Waals surface area contributed by atoms with Gasteiger partial charge in [-0.2, -0.15) is 0 Å². The standard InChI is InChI=1S/C26H36N3O4P/c30-26-25(34(31,32)33)27-23-9-1-2-10-24(23)29(26)22-14-19-7-4-8-20(15-22)28(16-19)21-12-17-5-3-6-18(11-17)13-21/h1-2,9-10,17-22H,3-8,11-16H2,(H2,31,32,33). The molecular weight excluding hydrogens is 449 g/mol. The fourth-order valence-electron chi connectivity index (χ4n) is 7.91. The van der Waals surface area contributed by atoms with Gasteiger partial charge in [-0.15, -0.1) is 0 Å². The van der Waals surface area contributed by atoms with Gasteiger partial charge in [0.2, 0.25) is 5.44 Å². The van der Waals surface area contributed by atoms with Crippen molar-refractivity contribution in [2.45, 2.75) is 88.8 Å². The summed E-state index contributed by atoms with van der Waals surface area (Å²) in [6.45, 7) is 1.11. The van der Waals surface area contributed by atoms with Crippen molar-refractivity contribution in [3.05, 3.63) is 34.6 Å². The first-order valence-corrected chi connectivity index (χ1v) is 14.8. The van der Waals surface area contributed by atoms with E-state index in [1.54, 1.807) is 16.7 Å². The second-order valence-electron chi connectivity index (χ2n) is 11.4. The summed E-state index contributed by atoms with van der Waals surface area (Å²) in [4.78, 5) is 40.2. The molecule has 2 N–H and O–H groups in total. The lowest BCUT2D eigenvalue weighted by atomic mass is 9.70. The van der Waals surface area contributed by atoms with Crippen LogP contribution in [0.1, 0.15) is 76.7 Å². The highest BCUT2D eigenvalue weighted by molar-refractivity contribution is 7.59. The summed E-state index contributed by atoms with van der Waals surface area (Å²) in [5.41, 5.74) is -0.0615. The Hall–Kier alpha value is -1.53. The van der Waals surface area contributed by atoms with Crippen molar-refractivity contribution in [1.29, 1.82) is 0 Å². The van der Waals surface area contributed by atoms with Crippen molar-refractivity contribution in [1.82, 2.24) is 14.5 Å². The molecule has 34 heavy (non-hydrogen) atoms. The van der Waals surface area contributed by atoms with E-state index >= 15 is 0 Å². The van der Waals surface area contributed by atoms with E-state index in [1.165, 1.54) is 51.4 Å². The minimum absolute atomic E-state index is 0.0610. The van der Waals surface area contributed by atoms with Crippen LogP contribution in [0.4, 0.5) is 0 Å². The van der Waals surface area contributed by atoms with Crippen LogP contribution in [-0.4, -0.2) is 42.9 Å². The van der Waals surface area contributed by atoms with Crippen molar-refractivity contribution in [3.63, 3.8) is 0 Å². The van der Waals surface area contributed by atoms with Crippen LogP contribution in [0.2, 0.25) is 0 Å². The highest BCUT2D eigenvalue weighted by Crippen LogP contribution is 2.45. The molecule has 0 radical (unpaired) electrons. The van der Waals surface area contributed by atoms with Crippen molar-refractivity contribution in [3.8, 4) is 0 Å². The number of nitrogens with zero attached hydrogens (tertiary/aromatic N) is 3. The summed E-state index contributed by atoms with van der Waals surface area (Å²) >= 11 is 0. The normalized spacial score (nSPS) is 34.6. The highest BCUT2D eigenvalue weighted by Gasteiger charge is 2.42. The Morgan fingerprint density at radius 3 is 2.26 bits per heavy atom. The van der Waals surface area contributed by atoms with Gasteiger partial charge in [0.15, 0.2) is 0 Å². The monoisotopic (exact) mass is 485 g/mol. The molecule has 2 aliphatic heterocycles. The molecule has 5 atom stereocenters. The Bertz CT molecular complexity index is 1160. The maximum atomic E-state index is 13.5. The zero-order valence-corrected chi connectivity index (χ0v) is 20.7. The average Bonchev–Trinajstić information content (AvgIpc) is 3.09. The molecule has 4 bridgehead atoms. The molecule has 184 valence electrons. The van der Waals surface area contributed by atoms with Gasteiger partial charge in [0.1, 0.15) is 0 Å². The first kappa shape index (κ1) is 22.9. The SMILES string of the molecule is O=c1c(P(=O)(O)O)nc2ccccc2n1C1CC2CCCC(C1)N(C1CC3CCCC(C3)C1)C2. The van der Waals surface area contributed by atoms with E-state index in [-0.39, 0.29) is 6.04 Å². The second kappa shape index (κ2) is 8.85. The quantitative estimate of drug-likeness (QED) is 0.639. The van der Waals surface area contributed by atoms with E-state index < -0.39 is 18.6 Å². The van der Waals surface area contributed by atoms with Crippen LogP contribution >= 0.6 is 7.60 Å². The van der Waals surface area contributed by atoms with Crippen LogP contribution in [0.3, 0.4) is 0 Å².